The fourth-order valence-corrected chi connectivity index (χ4v) is 3.05. The fraction of sp³-hybridized carbons (Fsp3) is 0.118. The number of fused-ring (bicyclic) bond motifs is 1. The lowest BCUT2D eigenvalue weighted by atomic mass is 10.2. The number of rotatable bonds is 3. The molecule has 4 aromatic rings. The number of hydrogen-bond acceptors (Lipinski definition) is 5. The molecule has 3 heterocycles. The maximum absolute atomic E-state index is 6.63. The molecule has 6 nitrogen and oxygen atoms in total. The van der Waals surface area contributed by atoms with Gasteiger partial charge in [0.15, 0.2) is 5.82 Å². The van der Waals surface area contributed by atoms with E-state index in [2.05, 4.69) is 15.1 Å². The van der Waals surface area contributed by atoms with Crippen LogP contribution in [0.2, 0.25) is 5.02 Å². The highest BCUT2D eigenvalue weighted by atomic mass is 35.5. The summed E-state index contributed by atoms with van der Waals surface area (Å²) in [4.78, 5) is 8.71. The molecule has 0 radical (unpaired) electrons. The second-order valence-corrected chi connectivity index (χ2v) is 5.75. The lowest BCUT2D eigenvalue weighted by Gasteiger charge is -2.09. The van der Waals surface area contributed by atoms with E-state index in [1.807, 2.05) is 41.0 Å². The van der Waals surface area contributed by atoms with Crippen LogP contribution in [0.5, 0.6) is 0 Å². The van der Waals surface area contributed by atoms with Crippen molar-refractivity contribution in [3.63, 3.8) is 0 Å². The Morgan fingerprint density at radius 2 is 1.92 bits per heavy atom. The van der Waals surface area contributed by atoms with Crippen LogP contribution in [0.1, 0.15) is 11.5 Å². The number of halogens is 3. The average Bonchev–Trinajstić information content (AvgIpc) is 3.17. The first-order chi connectivity index (χ1) is 11.7. The molecule has 136 valence electrons. The lowest BCUT2D eigenvalue weighted by Crippen LogP contribution is -2.02. The van der Waals surface area contributed by atoms with Crippen LogP contribution in [0, 0.1) is 6.92 Å². The molecule has 0 aliphatic heterocycles. The van der Waals surface area contributed by atoms with E-state index in [-0.39, 0.29) is 24.8 Å². The SMILES string of the molecule is Cc1noc(-c2c(Cl)c3ccccc3n2-c2ccc(CN)nc2)n1.Cl.Cl. The summed E-state index contributed by atoms with van der Waals surface area (Å²) in [5.41, 5.74) is 8.89. The zero-order chi connectivity index (χ0) is 16.7. The third-order valence-corrected chi connectivity index (χ3v) is 4.20. The number of hydrogen-bond donors (Lipinski definition) is 1. The summed E-state index contributed by atoms with van der Waals surface area (Å²) in [6.07, 6.45) is 1.76. The van der Waals surface area contributed by atoms with Gasteiger partial charge in [0.05, 0.1) is 28.1 Å². The topological polar surface area (TPSA) is 82.8 Å². The average molecular weight is 413 g/mol. The van der Waals surface area contributed by atoms with Crippen LogP contribution in [-0.2, 0) is 6.54 Å². The van der Waals surface area contributed by atoms with Crippen molar-refractivity contribution in [2.24, 2.45) is 5.73 Å². The van der Waals surface area contributed by atoms with Crippen LogP contribution >= 0.6 is 36.4 Å². The minimum absolute atomic E-state index is 0. The molecular weight excluding hydrogens is 397 g/mol. The van der Waals surface area contributed by atoms with Gasteiger partial charge in [0, 0.05) is 11.9 Å². The van der Waals surface area contributed by atoms with Crippen LogP contribution in [0.3, 0.4) is 0 Å². The third kappa shape index (κ3) is 3.29. The first-order valence-electron chi connectivity index (χ1n) is 7.44. The van der Waals surface area contributed by atoms with Gasteiger partial charge in [-0.15, -0.1) is 24.8 Å². The van der Waals surface area contributed by atoms with Gasteiger partial charge in [-0.2, -0.15) is 4.98 Å². The summed E-state index contributed by atoms with van der Waals surface area (Å²) in [6, 6.07) is 11.7. The van der Waals surface area contributed by atoms with E-state index in [4.69, 9.17) is 21.9 Å². The highest BCUT2D eigenvalue weighted by Gasteiger charge is 2.22. The van der Waals surface area contributed by atoms with Crippen LogP contribution in [-0.4, -0.2) is 19.7 Å². The number of nitrogens with two attached hydrogens (primary N) is 1. The molecule has 0 saturated carbocycles. The number of para-hydroxylation sites is 1. The lowest BCUT2D eigenvalue weighted by molar-refractivity contribution is 0.424. The minimum atomic E-state index is 0. The van der Waals surface area contributed by atoms with Crippen LogP contribution < -0.4 is 5.73 Å². The summed E-state index contributed by atoms with van der Waals surface area (Å²) in [5, 5.41) is 5.35. The van der Waals surface area contributed by atoms with Crippen molar-refractivity contribution >= 4 is 47.3 Å². The monoisotopic (exact) mass is 411 g/mol. The second kappa shape index (κ2) is 8.05. The van der Waals surface area contributed by atoms with Crippen LogP contribution in [0.4, 0.5) is 0 Å². The van der Waals surface area contributed by atoms with E-state index in [0.29, 0.717) is 29.0 Å². The summed E-state index contributed by atoms with van der Waals surface area (Å²) in [7, 11) is 0. The van der Waals surface area contributed by atoms with Crippen LogP contribution in [0.15, 0.2) is 47.1 Å². The van der Waals surface area contributed by atoms with Crippen molar-refractivity contribution in [2.45, 2.75) is 13.5 Å². The van der Waals surface area contributed by atoms with Gasteiger partial charge in [0.1, 0.15) is 5.69 Å². The van der Waals surface area contributed by atoms with Crippen LogP contribution in [0.25, 0.3) is 28.2 Å². The van der Waals surface area contributed by atoms with Crippen molar-refractivity contribution in [1.29, 1.82) is 0 Å². The molecule has 0 spiro atoms. The molecule has 1 aromatic carbocycles. The molecule has 0 unspecified atom stereocenters. The van der Waals surface area contributed by atoms with Gasteiger partial charge in [-0.1, -0.05) is 35.0 Å². The smallest absolute Gasteiger partial charge is 0.276 e. The van der Waals surface area contributed by atoms with Gasteiger partial charge in [-0.25, -0.2) is 0 Å². The Morgan fingerprint density at radius 3 is 2.54 bits per heavy atom. The highest BCUT2D eigenvalue weighted by molar-refractivity contribution is 6.38. The molecule has 0 amide bonds. The number of aryl methyl sites for hydroxylation is 1. The van der Waals surface area contributed by atoms with Gasteiger partial charge in [-0.05, 0) is 25.1 Å². The molecule has 0 aliphatic carbocycles. The van der Waals surface area contributed by atoms with Crippen molar-refractivity contribution in [3.05, 3.63) is 59.1 Å². The van der Waals surface area contributed by atoms with E-state index >= 15 is 0 Å². The van der Waals surface area contributed by atoms with E-state index < -0.39 is 0 Å². The van der Waals surface area contributed by atoms with Crippen molar-refractivity contribution < 1.29 is 4.52 Å². The first-order valence-corrected chi connectivity index (χ1v) is 7.82. The molecule has 9 heteroatoms. The van der Waals surface area contributed by atoms with E-state index in [1.165, 1.54) is 0 Å². The standard InChI is InChI=1S/C17H14ClN5O.2ClH/c1-10-21-17(24-22-10)16-15(18)13-4-2-3-5-14(13)23(16)12-7-6-11(8-19)20-9-12;;/h2-7,9H,8,19H2,1H3;2*1H. The zero-order valence-electron chi connectivity index (χ0n) is 13.7. The number of pyridine rings is 1. The Balaban J connectivity index is 0.00000121. The number of aromatic nitrogens is 4. The molecule has 0 saturated heterocycles. The quantitative estimate of drug-likeness (QED) is 0.541. The Kier molecular flexibility index (Phi) is 6.26. The van der Waals surface area contributed by atoms with Gasteiger partial charge < -0.3 is 14.8 Å². The van der Waals surface area contributed by atoms with Crippen molar-refractivity contribution in [1.82, 2.24) is 19.7 Å². The van der Waals surface area contributed by atoms with Gasteiger partial charge in [-0.3, -0.25) is 4.98 Å². The maximum Gasteiger partial charge on any atom is 0.276 e. The fourth-order valence-electron chi connectivity index (χ4n) is 2.72. The summed E-state index contributed by atoms with van der Waals surface area (Å²) < 4.78 is 7.33. The molecule has 0 aliphatic rings. The first kappa shape index (κ1) is 20.2. The zero-order valence-corrected chi connectivity index (χ0v) is 16.1. The van der Waals surface area contributed by atoms with Gasteiger partial charge >= 0.3 is 0 Å². The number of nitrogens with zero attached hydrogens (tertiary/aromatic N) is 4. The Bertz CT molecular complexity index is 1030. The number of benzene rings is 1. The largest absolute Gasteiger partial charge is 0.332 e. The predicted molar refractivity (Wildman–Crippen MR) is 106 cm³/mol. The second-order valence-electron chi connectivity index (χ2n) is 5.37. The molecule has 0 atom stereocenters. The normalized spacial score (nSPS) is 10.4. The molecule has 26 heavy (non-hydrogen) atoms. The Morgan fingerprint density at radius 1 is 1.15 bits per heavy atom. The summed E-state index contributed by atoms with van der Waals surface area (Å²) in [5.74, 6) is 0.922. The Hall–Kier alpha value is -2.12. The molecular formula is C17H16Cl3N5O. The molecule has 3 aromatic heterocycles. The molecule has 0 bridgehead atoms. The molecule has 4 rings (SSSR count). The van der Waals surface area contributed by atoms with Crippen molar-refractivity contribution in [2.75, 3.05) is 0 Å². The maximum atomic E-state index is 6.63. The van der Waals surface area contributed by atoms with E-state index in [9.17, 15) is 0 Å². The predicted octanol–water partition coefficient (Wildman–Crippen LogP) is 4.34. The van der Waals surface area contributed by atoms with Crippen molar-refractivity contribution in [3.8, 4) is 17.3 Å². The minimum Gasteiger partial charge on any atom is -0.332 e. The van der Waals surface area contributed by atoms with E-state index in [1.54, 1.807) is 13.1 Å². The van der Waals surface area contributed by atoms with Gasteiger partial charge in [0.2, 0.25) is 0 Å². The third-order valence-electron chi connectivity index (χ3n) is 3.82. The molecule has 2 N–H and O–H groups in total. The molecule has 0 fully saturated rings. The van der Waals surface area contributed by atoms with E-state index in [0.717, 1.165) is 22.3 Å². The summed E-state index contributed by atoms with van der Waals surface area (Å²) >= 11 is 6.63. The highest BCUT2D eigenvalue weighted by Crippen LogP contribution is 2.38. The summed E-state index contributed by atoms with van der Waals surface area (Å²) in [6.45, 7) is 2.16. The van der Waals surface area contributed by atoms with Gasteiger partial charge in [0.25, 0.3) is 5.89 Å². The Labute approximate surface area is 167 Å².